The Balaban J connectivity index is 1.43. The maximum Gasteiger partial charge on any atom is 0.320 e. The molecule has 0 saturated carbocycles. The summed E-state index contributed by atoms with van der Waals surface area (Å²) in [6.45, 7) is 4.53. The molecule has 3 aromatic carbocycles. The van der Waals surface area contributed by atoms with E-state index >= 15 is 0 Å². The number of hydrogen-bond acceptors (Lipinski definition) is 8. The topological polar surface area (TPSA) is 96.8 Å². The molecular weight excluding hydrogens is 520 g/mol. The number of carbonyl (C=O) groups excluding carboxylic acids is 2. The summed E-state index contributed by atoms with van der Waals surface area (Å²) in [6.07, 6.45) is 0.760. The van der Waals surface area contributed by atoms with Crippen molar-refractivity contribution >= 4 is 11.9 Å². The Morgan fingerprint density at radius 3 is 2.00 bits per heavy atom. The highest BCUT2D eigenvalue weighted by Gasteiger charge is 2.29. The zero-order valence-electron chi connectivity index (χ0n) is 23.3. The highest BCUT2D eigenvalue weighted by Crippen LogP contribution is 2.27. The normalized spacial score (nSPS) is 10.7. The van der Waals surface area contributed by atoms with Gasteiger partial charge < -0.3 is 18.9 Å². The predicted molar refractivity (Wildman–Crippen MR) is 155 cm³/mol. The molecule has 0 aliphatic carbocycles. The quantitative estimate of drug-likeness (QED) is 0.102. The smallest absolute Gasteiger partial charge is 0.320 e. The van der Waals surface area contributed by atoms with Gasteiger partial charge in [0.2, 0.25) is 5.88 Å². The van der Waals surface area contributed by atoms with E-state index in [0.717, 1.165) is 22.4 Å². The van der Waals surface area contributed by atoms with Gasteiger partial charge in [-0.1, -0.05) is 60.7 Å². The van der Waals surface area contributed by atoms with Gasteiger partial charge in [-0.15, -0.1) is 0 Å². The lowest BCUT2D eigenvalue weighted by Crippen LogP contribution is -2.28. The van der Waals surface area contributed by atoms with E-state index in [-0.39, 0.29) is 19.6 Å². The molecule has 0 atom stereocenters. The van der Waals surface area contributed by atoms with Crippen LogP contribution in [0.3, 0.4) is 0 Å². The molecule has 1 heterocycles. The van der Waals surface area contributed by atoms with Gasteiger partial charge >= 0.3 is 11.9 Å². The van der Waals surface area contributed by atoms with Crippen molar-refractivity contribution in [1.29, 1.82) is 0 Å². The molecule has 0 N–H and O–H groups in total. The van der Waals surface area contributed by atoms with Gasteiger partial charge in [-0.25, -0.2) is 4.98 Å². The molecule has 0 aliphatic heterocycles. The molecular formula is C33H34N2O6. The Bertz CT molecular complexity index is 1380. The van der Waals surface area contributed by atoms with Crippen LogP contribution in [0.1, 0.15) is 32.3 Å². The molecule has 0 aliphatic rings. The van der Waals surface area contributed by atoms with E-state index in [1.165, 1.54) is 0 Å². The third-order valence-electron chi connectivity index (χ3n) is 6.16. The van der Waals surface area contributed by atoms with Gasteiger partial charge in [0.25, 0.3) is 0 Å². The summed E-state index contributed by atoms with van der Waals surface area (Å²) in [5.41, 5.74) is 3.58. The van der Waals surface area contributed by atoms with Crippen LogP contribution in [0.25, 0.3) is 22.6 Å². The number of esters is 2. The molecule has 0 spiro atoms. The van der Waals surface area contributed by atoms with Crippen LogP contribution in [0.4, 0.5) is 0 Å². The summed E-state index contributed by atoms with van der Waals surface area (Å²) < 4.78 is 22.0. The lowest BCUT2D eigenvalue weighted by Gasteiger charge is -2.14. The van der Waals surface area contributed by atoms with Gasteiger partial charge in [-0.05, 0) is 56.5 Å². The van der Waals surface area contributed by atoms with Gasteiger partial charge in [0, 0.05) is 17.2 Å². The summed E-state index contributed by atoms with van der Waals surface area (Å²) >= 11 is 0. The van der Waals surface area contributed by atoms with E-state index < -0.39 is 17.9 Å². The molecule has 0 bridgehead atoms. The van der Waals surface area contributed by atoms with Crippen molar-refractivity contribution < 1.29 is 28.5 Å². The van der Waals surface area contributed by atoms with Crippen LogP contribution in [0.5, 0.6) is 11.6 Å². The van der Waals surface area contributed by atoms with Gasteiger partial charge in [-0.3, -0.25) is 9.59 Å². The molecule has 4 aromatic rings. The standard InChI is InChI=1S/C33H34N2O6/c1-3-38-32(36)28(33(37)39-4-2)16-11-21-40-27-19-17-26(18-20-27)31-34-29(25-14-9-6-10-15-25)22-30(35-31)41-23-24-12-7-5-8-13-24/h5-10,12-15,17-20,22,28H,3-4,11,16,21,23H2,1-2H3. The first-order chi connectivity index (χ1) is 20.1. The van der Waals surface area contributed by atoms with Crippen molar-refractivity contribution in [3.8, 4) is 34.3 Å². The number of aromatic nitrogens is 2. The van der Waals surface area contributed by atoms with Crippen LogP contribution in [-0.2, 0) is 25.7 Å². The SMILES string of the molecule is CCOC(=O)C(CCCOc1ccc(-c2nc(OCc3ccccc3)cc(-c3ccccc3)n2)cc1)C(=O)OCC. The molecule has 212 valence electrons. The average Bonchev–Trinajstić information content (AvgIpc) is 3.01. The first-order valence-electron chi connectivity index (χ1n) is 13.7. The highest BCUT2D eigenvalue weighted by molar-refractivity contribution is 5.94. The fourth-order valence-corrected chi connectivity index (χ4v) is 4.11. The van der Waals surface area contributed by atoms with Gasteiger partial charge in [0.05, 0.1) is 25.5 Å². The van der Waals surface area contributed by atoms with Crippen molar-refractivity contribution in [3.05, 3.63) is 96.6 Å². The summed E-state index contributed by atoms with van der Waals surface area (Å²) in [4.78, 5) is 33.8. The first kappa shape index (κ1) is 29.3. The molecule has 0 fully saturated rings. The van der Waals surface area contributed by atoms with E-state index in [1.807, 2.05) is 91.0 Å². The molecule has 8 heteroatoms. The third kappa shape index (κ3) is 8.63. The average molecular weight is 555 g/mol. The number of ether oxygens (including phenoxy) is 4. The summed E-state index contributed by atoms with van der Waals surface area (Å²) in [7, 11) is 0. The second-order valence-electron chi connectivity index (χ2n) is 9.13. The number of nitrogens with zero attached hydrogens (tertiary/aromatic N) is 2. The zero-order valence-corrected chi connectivity index (χ0v) is 23.3. The Labute approximate surface area is 240 Å². The summed E-state index contributed by atoms with van der Waals surface area (Å²) in [5, 5.41) is 0. The molecule has 1 aromatic heterocycles. The maximum absolute atomic E-state index is 12.2. The zero-order chi connectivity index (χ0) is 28.9. The summed E-state index contributed by atoms with van der Waals surface area (Å²) in [6, 6.07) is 29.1. The second kappa shape index (κ2) is 15.2. The van der Waals surface area contributed by atoms with Crippen LogP contribution in [0, 0.1) is 5.92 Å². The van der Waals surface area contributed by atoms with Crippen molar-refractivity contribution in [3.63, 3.8) is 0 Å². The minimum Gasteiger partial charge on any atom is -0.494 e. The Morgan fingerprint density at radius 1 is 0.732 bits per heavy atom. The van der Waals surface area contributed by atoms with Gasteiger partial charge in [-0.2, -0.15) is 4.98 Å². The van der Waals surface area contributed by atoms with Crippen LogP contribution in [0.15, 0.2) is 91.0 Å². The number of benzene rings is 3. The van der Waals surface area contributed by atoms with Crippen molar-refractivity contribution in [2.45, 2.75) is 33.3 Å². The minimum absolute atomic E-state index is 0.205. The minimum atomic E-state index is -0.951. The van der Waals surface area contributed by atoms with Crippen LogP contribution in [-0.4, -0.2) is 41.7 Å². The molecule has 0 amide bonds. The Kier molecular flexibility index (Phi) is 10.8. The van der Waals surface area contributed by atoms with Crippen LogP contribution >= 0.6 is 0 Å². The molecule has 0 saturated heterocycles. The monoisotopic (exact) mass is 554 g/mol. The number of hydrogen-bond donors (Lipinski definition) is 0. The Hall–Kier alpha value is -4.72. The highest BCUT2D eigenvalue weighted by atomic mass is 16.6. The summed E-state index contributed by atoms with van der Waals surface area (Å²) in [5.74, 6) is -0.422. The molecule has 0 radical (unpaired) electrons. The van der Waals surface area contributed by atoms with Crippen molar-refractivity contribution in [1.82, 2.24) is 9.97 Å². The first-order valence-corrected chi connectivity index (χ1v) is 13.7. The van der Waals surface area contributed by atoms with Crippen LogP contribution < -0.4 is 9.47 Å². The fraction of sp³-hybridized carbons (Fsp3) is 0.273. The molecule has 41 heavy (non-hydrogen) atoms. The Morgan fingerprint density at radius 2 is 1.37 bits per heavy atom. The van der Waals surface area contributed by atoms with Crippen molar-refractivity contribution in [2.24, 2.45) is 5.92 Å². The van der Waals surface area contributed by atoms with E-state index in [9.17, 15) is 9.59 Å². The van der Waals surface area contributed by atoms with Gasteiger partial charge in [0.1, 0.15) is 12.4 Å². The van der Waals surface area contributed by atoms with E-state index in [2.05, 4.69) is 4.98 Å². The third-order valence-corrected chi connectivity index (χ3v) is 6.16. The second-order valence-corrected chi connectivity index (χ2v) is 9.13. The van der Waals surface area contributed by atoms with E-state index in [0.29, 0.717) is 37.1 Å². The van der Waals surface area contributed by atoms with Crippen molar-refractivity contribution in [2.75, 3.05) is 19.8 Å². The van der Waals surface area contributed by atoms with E-state index in [4.69, 9.17) is 23.9 Å². The number of carbonyl (C=O) groups is 2. The van der Waals surface area contributed by atoms with E-state index in [1.54, 1.807) is 13.8 Å². The fourth-order valence-electron chi connectivity index (χ4n) is 4.11. The molecule has 0 unspecified atom stereocenters. The van der Waals surface area contributed by atoms with Crippen LogP contribution in [0.2, 0.25) is 0 Å². The molecule has 8 nitrogen and oxygen atoms in total. The lowest BCUT2D eigenvalue weighted by molar-refractivity contribution is -0.162. The number of rotatable bonds is 14. The lowest BCUT2D eigenvalue weighted by atomic mass is 10.0. The maximum atomic E-state index is 12.2. The largest absolute Gasteiger partial charge is 0.494 e. The predicted octanol–water partition coefficient (Wildman–Crippen LogP) is 6.29. The van der Waals surface area contributed by atoms with Gasteiger partial charge in [0.15, 0.2) is 11.7 Å². The molecule has 4 rings (SSSR count).